The molecule has 0 bridgehead atoms. The fourth-order valence-corrected chi connectivity index (χ4v) is 3.17. The summed E-state index contributed by atoms with van der Waals surface area (Å²) in [6.07, 6.45) is 2.32. The molecule has 0 saturated carbocycles. The Morgan fingerprint density at radius 2 is 1.90 bits per heavy atom. The Kier molecular flexibility index (Phi) is 4.44. The van der Waals surface area contributed by atoms with Gasteiger partial charge in [0.05, 0.1) is 11.4 Å². The molecule has 3 N–H and O–H groups in total. The molecule has 0 amide bonds. The SMILES string of the molecule is CCc1ccc(N(C)S(=O)(=O)c2ncccc2NN)cc1. The molecule has 21 heavy (non-hydrogen) atoms. The van der Waals surface area contributed by atoms with E-state index < -0.39 is 10.0 Å². The summed E-state index contributed by atoms with van der Waals surface area (Å²) in [6, 6.07) is 10.5. The number of aromatic nitrogens is 1. The van der Waals surface area contributed by atoms with Crippen molar-refractivity contribution in [3.8, 4) is 0 Å². The van der Waals surface area contributed by atoms with Crippen molar-refractivity contribution in [2.75, 3.05) is 16.8 Å². The third-order valence-corrected chi connectivity index (χ3v) is 4.99. The van der Waals surface area contributed by atoms with E-state index in [1.165, 1.54) is 17.5 Å². The average molecular weight is 306 g/mol. The molecule has 0 saturated heterocycles. The van der Waals surface area contributed by atoms with Crippen LogP contribution in [0.2, 0.25) is 0 Å². The number of sulfonamides is 1. The molecule has 2 aromatic rings. The number of hydrogen-bond acceptors (Lipinski definition) is 5. The van der Waals surface area contributed by atoms with E-state index in [4.69, 9.17) is 5.84 Å². The Morgan fingerprint density at radius 1 is 1.24 bits per heavy atom. The van der Waals surface area contributed by atoms with Crippen molar-refractivity contribution < 1.29 is 8.42 Å². The van der Waals surface area contributed by atoms with Gasteiger partial charge < -0.3 is 5.43 Å². The monoisotopic (exact) mass is 306 g/mol. The van der Waals surface area contributed by atoms with Crippen molar-refractivity contribution >= 4 is 21.4 Å². The Hall–Kier alpha value is -2.12. The maximum Gasteiger partial charge on any atom is 0.283 e. The summed E-state index contributed by atoms with van der Waals surface area (Å²) >= 11 is 0. The van der Waals surface area contributed by atoms with Crippen LogP contribution in [0.5, 0.6) is 0 Å². The maximum absolute atomic E-state index is 12.6. The first-order valence-electron chi connectivity index (χ1n) is 6.50. The lowest BCUT2D eigenvalue weighted by Crippen LogP contribution is -2.28. The number of nitrogens with one attached hydrogen (secondary N) is 1. The normalized spacial score (nSPS) is 11.2. The highest BCUT2D eigenvalue weighted by atomic mass is 32.2. The van der Waals surface area contributed by atoms with Crippen molar-refractivity contribution in [2.45, 2.75) is 18.4 Å². The fraction of sp³-hybridized carbons (Fsp3) is 0.214. The number of benzene rings is 1. The molecule has 7 heteroatoms. The first-order valence-corrected chi connectivity index (χ1v) is 7.94. The molecule has 0 unspecified atom stereocenters. The van der Waals surface area contributed by atoms with E-state index in [9.17, 15) is 8.42 Å². The molecule has 2 rings (SSSR count). The molecule has 1 aromatic carbocycles. The van der Waals surface area contributed by atoms with E-state index in [0.29, 0.717) is 5.69 Å². The molecule has 6 nitrogen and oxygen atoms in total. The topological polar surface area (TPSA) is 88.3 Å². The number of rotatable bonds is 5. The summed E-state index contributed by atoms with van der Waals surface area (Å²) in [5.41, 5.74) is 4.33. The first-order chi connectivity index (χ1) is 10.0. The van der Waals surface area contributed by atoms with E-state index in [-0.39, 0.29) is 10.7 Å². The van der Waals surface area contributed by atoms with Crippen LogP contribution >= 0.6 is 0 Å². The zero-order valence-corrected chi connectivity index (χ0v) is 12.8. The summed E-state index contributed by atoms with van der Waals surface area (Å²) in [6.45, 7) is 2.04. The average Bonchev–Trinajstić information content (AvgIpc) is 2.54. The van der Waals surface area contributed by atoms with Crippen LogP contribution in [0.25, 0.3) is 0 Å². The van der Waals surface area contributed by atoms with Gasteiger partial charge in [-0.1, -0.05) is 19.1 Å². The molecule has 0 aliphatic carbocycles. The second kappa shape index (κ2) is 6.11. The lowest BCUT2D eigenvalue weighted by molar-refractivity contribution is 0.591. The highest BCUT2D eigenvalue weighted by molar-refractivity contribution is 7.92. The van der Waals surface area contributed by atoms with Crippen molar-refractivity contribution in [1.82, 2.24) is 4.98 Å². The molecular weight excluding hydrogens is 288 g/mol. The molecule has 112 valence electrons. The van der Waals surface area contributed by atoms with Crippen LogP contribution in [-0.2, 0) is 16.4 Å². The van der Waals surface area contributed by atoms with Gasteiger partial charge in [0, 0.05) is 13.2 Å². The van der Waals surface area contributed by atoms with Gasteiger partial charge in [-0.25, -0.2) is 4.98 Å². The zero-order chi connectivity index (χ0) is 15.5. The largest absolute Gasteiger partial charge is 0.321 e. The van der Waals surface area contributed by atoms with Gasteiger partial charge in [0.15, 0.2) is 0 Å². The summed E-state index contributed by atoms with van der Waals surface area (Å²) in [7, 11) is -2.28. The standard InChI is InChI=1S/C14H18N4O2S/c1-3-11-6-8-12(9-7-11)18(2)21(19,20)14-13(17-15)5-4-10-16-14/h4-10,17H,3,15H2,1-2H3. The fourth-order valence-electron chi connectivity index (χ4n) is 1.92. The molecule has 0 spiro atoms. The van der Waals surface area contributed by atoms with Crippen LogP contribution in [0.1, 0.15) is 12.5 Å². The maximum atomic E-state index is 12.6. The van der Waals surface area contributed by atoms with E-state index in [2.05, 4.69) is 10.4 Å². The van der Waals surface area contributed by atoms with Crippen LogP contribution in [-0.4, -0.2) is 20.4 Å². The highest BCUT2D eigenvalue weighted by Gasteiger charge is 2.25. The first kappa shape index (κ1) is 15.3. The van der Waals surface area contributed by atoms with E-state index in [1.807, 2.05) is 19.1 Å². The summed E-state index contributed by atoms with van der Waals surface area (Å²) in [5.74, 6) is 5.35. The van der Waals surface area contributed by atoms with E-state index >= 15 is 0 Å². The minimum absolute atomic E-state index is 0.102. The number of nitrogens with two attached hydrogens (primary N) is 1. The van der Waals surface area contributed by atoms with Gasteiger partial charge in [-0.2, -0.15) is 8.42 Å². The molecule has 0 radical (unpaired) electrons. The molecule has 0 fully saturated rings. The summed E-state index contributed by atoms with van der Waals surface area (Å²) in [4.78, 5) is 3.93. The van der Waals surface area contributed by atoms with Gasteiger partial charge in [0.2, 0.25) is 5.03 Å². The summed E-state index contributed by atoms with van der Waals surface area (Å²) < 4.78 is 26.5. The number of aryl methyl sites for hydroxylation is 1. The van der Waals surface area contributed by atoms with Gasteiger partial charge in [-0.3, -0.25) is 10.1 Å². The Labute approximate surface area is 124 Å². The van der Waals surface area contributed by atoms with Crippen molar-refractivity contribution in [2.24, 2.45) is 5.84 Å². The second-order valence-corrected chi connectivity index (χ2v) is 6.38. The van der Waals surface area contributed by atoms with Crippen molar-refractivity contribution in [1.29, 1.82) is 0 Å². The number of nitrogen functional groups attached to an aromatic ring is 1. The molecule has 1 aromatic heterocycles. The van der Waals surface area contributed by atoms with Crippen LogP contribution in [0.4, 0.5) is 11.4 Å². The molecule has 1 heterocycles. The van der Waals surface area contributed by atoms with Crippen LogP contribution in [0, 0.1) is 0 Å². The number of anilines is 2. The minimum Gasteiger partial charge on any atom is -0.321 e. The lowest BCUT2D eigenvalue weighted by Gasteiger charge is -2.20. The Balaban J connectivity index is 2.42. The van der Waals surface area contributed by atoms with Gasteiger partial charge >= 0.3 is 0 Å². The zero-order valence-electron chi connectivity index (χ0n) is 11.9. The minimum atomic E-state index is -3.77. The smallest absolute Gasteiger partial charge is 0.283 e. The van der Waals surface area contributed by atoms with Gasteiger partial charge in [-0.15, -0.1) is 0 Å². The Morgan fingerprint density at radius 3 is 2.48 bits per heavy atom. The van der Waals surface area contributed by atoms with E-state index in [1.54, 1.807) is 24.3 Å². The second-order valence-electron chi connectivity index (χ2n) is 4.49. The van der Waals surface area contributed by atoms with Crippen LogP contribution in [0.3, 0.4) is 0 Å². The lowest BCUT2D eigenvalue weighted by atomic mass is 10.1. The summed E-state index contributed by atoms with van der Waals surface area (Å²) in [5, 5.41) is -0.102. The quantitative estimate of drug-likeness (QED) is 0.649. The molecule has 0 aliphatic rings. The number of nitrogens with zero attached hydrogens (tertiary/aromatic N) is 2. The van der Waals surface area contributed by atoms with Gasteiger partial charge in [-0.05, 0) is 36.2 Å². The van der Waals surface area contributed by atoms with Crippen molar-refractivity contribution in [3.63, 3.8) is 0 Å². The molecule has 0 aliphatic heterocycles. The third kappa shape index (κ3) is 2.98. The number of hydrogen-bond donors (Lipinski definition) is 2. The highest BCUT2D eigenvalue weighted by Crippen LogP contribution is 2.25. The molecule has 0 atom stereocenters. The predicted octanol–water partition coefficient (Wildman–Crippen LogP) is 1.75. The molecular formula is C14H18N4O2S. The van der Waals surface area contributed by atoms with Gasteiger partial charge in [0.25, 0.3) is 10.0 Å². The number of hydrazine groups is 1. The van der Waals surface area contributed by atoms with Crippen molar-refractivity contribution in [3.05, 3.63) is 48.2 Å². The number of pyridine rings is 1. The van der Waals surface area contributed by atoms with Gasteiger partial charge in [0.1, 0.15) is 0 Å². The van der Waals surface area contributed by atoms with E-state index in [0.717, 1.165) is 12.0 Å². The van der Waals surface area contributed by atoms with Crippen LogP contribution < -0.4 is 15.6 Å². The van der Waals surface area contributed by atoms with Crippen LogP contribution in [0.15, 0.2) is 47.6 Å². The Bertz CT molecular complexity index is 714. The predicted molar refractivity (Wildman–Crippen MR) is 83.5 cm³/mol. The third-order valence-electron chi connectivity index (χ3n) is 3.24.